The maximum atomic E-state index is 12.5. The first-order valence-corrected chi connectivity index (χ1v) is 7.74. The highest BCUT2D eigenvalue weighted by Gasteiger charge is 2.18. The Labute approximate surface area is 132 Å². The first-order valence-electron chi connectivity index (χ1n) is 7.74. The second kappa shape index (κ2) is 6.77. The number of carbonyl (C=O) groups is 1. The number of benzene rings is 1. The minimum absolute atomic E-state index is 0.0847. The molecule has 0 saturated heterocycles. The molecule has 4 nitrogen and oxygen atoms in total. The van der Waals surface area contributed by atoms with Gasteiger partial charge in [-0.15, -0.1) is 0 Å². The van der Waals surface area contributed by atoms with E-state index < -0.39 is 0 Å². The van der Waals surface area contributed by atoms with E-state index in [1.165, 1.54) is 0 Å². The zero-order valence-corrected chi connectivity index (χ0v) is 14.1. The Balaban J connectivity index is 2.17. The summed E-state index contributed by atoms with van der Waals surface area (Å²) in [5, 5.41) is 4.58. The number of nitrogens with zero attached hydrogens (tertiary/aromatic N) is 3. The van der Waals surface area contributed by atoms with Gasteiger partial charge in [0.2, 0.25) is 5.91 Å². The van der Waals surface area contributed by atoms with Gasteiger partial charge >= 0.3 is 0 Å². The zero-order chi connectivity index (χ0) is 16.3. The van der Waals surface area contributed by atoms with Gasteiger partial charge in [-0.1, -0.05) is 32.0 Å². The molecule has 0 atom stereocenters. The Hall–Kier alpha value is -2.10. The van der Waals surface area contributed by atoms with Crippen LogP contribution in [0.3, 0.4) is 0 Å². The number of aromatic nitrogens is 2. The molecule has 1 amide bonds. The molecule has 118 valence electrons. The number of amides is 1. The average Bonchev–Trinajstić information content (AvgIpc) is 2.74. The molecule has 22 heavy (non-hydrogen) atoms. The third-order valence-corrected chi connectivity index (χ3v) is 3.92. The van der Waals surface area contributed by atoms with Gasteiger partial charge in [-0.2, -0.15) is 5.10 Å². The number of para-hydroxylation sites is 1. The van der Waals surface area contributed by atoms with Gasteiger partial charge in [0, 0.05) is 30.5 Å². The van der Waals surface area contributed by atoms with Gasteiger partial charge in [0.25, 0.3) is 0 Å². The van der Waals surface area contributed by atoms with Crippen LogP contribution in [-0.2, 0) is 17.8 Å². The fourth-order valence-electron chi connectivity index (χ4n) is 2.58. The summed E-state index contributed by atoms with van der Waals surface area (Å²) in [7, 11) is 1.82. The second-order valence-electron chi connectivity index (χ2n) is 6.19. The minimum Gasteiger partial charge on any atom is -0.315 e. The molecule has 0 N–H and O–H groups in total. The van der Waals surface area contributed by atoms with E-state index in [4.69, 9.17) is 0 Å². The number of hydrogen-bond acceptors (Lipinski definition) is 2. The largest absolute Gasteiger partial charge is 0.315 e. The SMILES string of the molecule is Cc1nn(CC(C)C)c(C)c1CC(=O)N(C)c1ccccc1. The van der Waals surface area contributed by atoms with Crippen molar-refractivity contribution in [2.45, 2.75) is 40.7 Å². The topological polar surface area (TPSA) is 38.1 Å². The van der Waals surface area contributed by atoms with Crippen molar-refractivity contribution in [3.63, 3.8) is 0 Å². The van der Waals surface area contributed by atoms with Crippen molar-refractivity contribution in [3.05, 3.63) is 47.3 Å². The van der Waals surface area contributed by atoms with Crippen LogP contribution in [-0.4, -0.2) is 22.7 Å². The van der Waals surface area contributed by atoms with Crippen LogP contribution in [0.2, 0.25) is 0 Å². The number of likely N-dealkylation sites (N-methyl/N-ethyl adjacent to an activating group) is 1. The molecule has 0 fully saturated rings. The molecule has 0 aliphatic carbocycles. The minimum atomic E-state index is 0.0847. The van der Waals surface area contributed by atoms with Crippen LogP contribution in [0.1, 0.15) is 30.8 Å². The van der Waals surface area contributed by atoms with Crippen LogP contribution in [0, 0.1) is 19.8 Å². The van der Waals surface area contributed by atoms with Crippen molar-refractivity contribution in [1.82, 2.24) is 9.78 Å². The molecule has 2 aromatic rings. The molecule has 1 aromatic heterocycles. The second-order valence-corrected chi connectivity index (χ2v) is 6.19. The van der Waals surface area contributed by atoms with Crippen LogP contribution in [0.15, 0.2) is 30.3 Å². The lowest BCUT2D eigenvalue weighted by Gasteiger charge is -2.17. The number of anilines is 1. The van der Waals surface area contributed by atoms with Crippen LogP contribution in [0.4, 0.5) is 5.69 Å². The maximum Gasteiger partial charge on any atom is 0.231 e. The van der Waals surface area contributed by atoms with Crippen molar-refractivity contribution in [2.75, 3.05) is 11.9 Å². The highest BCUT2D eigenvalue weighted by atomic mass is 16.2. The molecular weight excluding hydrogens is 274 g/mol. The lowest BCUT2D eigenvalue weighted by molar-refractivity contribution is -0.117. The standard InChI is InChI=1S/C18H25N3O/c1-13(2)12-21-15(4)17(14(3)19-21)11-18(22)20(5)16-9-7-6-8-10-16/h6-10,13H,11-12H2,1-5H3. The monoisotopic (exact) mass is 299 g/mol. The fraction of sp³-hybridized carbons (Fsp3) is 0.444. The number of carbonyl (C=O) groups excluding carboxylic acids is 1. The van der Waals surface area contributed by atoms with Gasteiger partial charge in [0.15, 0.2) is 0 Å². The van der Waals surface area contributed by atoms with Gasteiger partial charge in [-0.05, 0) is 31.9 Å². The Morgan fingerprint density at radius 1 is 1.23 bits per heavy atom. The van der Waals surface area contributed by atoms with Gasteiger partial charge in [0.05, 0.1) is 12.1 Å². The van der Waals surface area contributed by atoms with Crippen LogP contribution in [0.25, 0.3) is 0 Å². The van der Waals surface area contributed by atoms with Crippen molar-refractivity contribution >= 4 is 11.6 Å². The summed E-state index contributed by atoms with van der Waals surface area (Å²) in [5.41, 5.74) is 4.01. The third kappa shape index (κ3) is 3.56. The van der Waals surface area contributed by atoms with Crippen molar-refractivity contribution < 1.29 is 4.79 Å². The molecule has 0 radical (unpaired) electrons. The van der Waals surface area contributed by atoms with Crippen LogP contribution in [0.5, 0.6) is 0 Å². The average molecular weight is 299 g/mol. The summed E-state index contributed by atoms with van der Waals surface area (Å²) in [6.45, 7) is 9.26. The number of aryl methyl sites for hydroxylation is 1. The molecule has 4 heteroatoms. The lowest BCUT2D eigenvalue weighted by atomic mass is 10.1. The molecule has 0 unspecified atom stereocenters. The Bertz CT molecular complexity index is 644. The van der Waals surface area contributed by atoms with E-state index >= 15 is 0 Å². The summed E-state index contributed by atoms with van der Waals surface area (Å²) in [4.78, 5) is 14.2. The van der Waals surface area contributed by atoms with Gasteiger partial charge in [-0.3, -0.25) is 9.48 Å². The lowest BCUT2D eigenvalue weighted by Crippen LogP contribution is -2.28. The van der Waals surface area contributed by atoms with Gasteiger partial charge < -0.3 is 4.90 Å². The van der Waals surface area contributed by atoms with Crippen molar-refractivity contribution in [3.8, 4) is 0 Å². The Kier molecular flexibility index (Phi) is 5.01. The number of rotatable bonds is 5. The third-order valence-electron chi connectivity index (χ3n) is 3.92. The molecule has 0 saturated carbocycles. The smallest absolute Gasteiger partial charge is 0.231 e. The molecule has 0 bridgehead atoms. The zero-order valence-electron chi connectivity index (χ0n) is 14.1. The first kappa shape index (κ1) is 16.3. The van der Waals surface area contributed by atoms with Gasteiger partial charge in [0.1, 0.15) is 0 Å². The Morgan fingerprint density at radius 3 is 2.45 bits per heavy atom. The van der Waals surface area contributed by atoms with E-state index in [-0.39, 0.29) is 5.91 Å². The predicted octanol–water partition coefficient (Wildman–Crippen LogP) is 3.36. The molecule has 0 aliphatic rings. The maximum absolute atomic E-state index is 12.5. The highest BCUT2D eigenvalue weighted by Crippen LogP contribution is 2.18. The molecule has 2 rings (SSSR count). The predicted molar refractivity (Wildman–Crippen MR) is 90.1 cm³/mol. The summed E-state index contributed by atoms with van der Waals surface area (Å²) in [6.07, 6.45) is 0.390. The van der Waals surface area contributed by atoms with E-state index in [0.29, 0.717) is 12.3 Å². The molecular formula is C18H25N3O. The highest BCUT2D eigenvalue weighted by molar-refractivity contribution is 5.94. The van der Waals surface area contributed by atoms with E-state index in [1.54, 1.807) is 4.90 Å². The van der Waals surface area contributed by atoms with E-state index in [9.17, 15) is 4.79 Å². The van der Waals surface area contributed by atoms with E-state index in [1.807, 2.05) is 55.9 Å². The van der Waals surface area contributed by atoms with Crippen molar-refractivity contribution in [1.29, 1.82) is 0 Å². The molecule has 1 heterocycles. The normalized spacial score (nSPS) is 11.0. The van der Waals surface area contributed by atoms with Gasteiger partial charge in [-0.25, -0.2) is 0 Å². The van der Waals surface area contributed by atoms with Crippen LogP contribution >= 0.6 is 0 Å². The first-order chi connectivity index (χ1) is 10.4. The fourth-order valence-corrected chi connectivity index (χ4v) is 2.58. The number of hydrogen-bond donors (Lipinski definition) is 0. The van der Waals surface area contributed by atoms with E-state index in [2.05, 4.69) is 18.9 Å². The summed E-state index contributed by atoms with van der Waals surface area (Å²) < 4.78 is 2.02. The van der Waals surface area contributed by atoms with E-state index in [0.717, 1.165) is 29.2 Å². The summed E-state index contributed by atoms with van der Waals surface area (Å²) >= 11 is 0. The quantitative estimate of drug-likeness (QED) is 0.849. The molecule has 0 aliphatic heterocycles. The molecule has 1 aromatic carbocycles. The summed E-state index contributed by atoms with van der Waals surface area (Å²) in [5.74, 6) is 0.620. The summed E-state index contributed by atoms with van der Waals surface area (Å²) in [6, 6.07) is 9.72. The molecule has 0 spiro atoms. The Morgan fingerprint density at radius 2 is 1.86 bits per heavy atom. The van der Waals surface area contributed by atoms with Crippen molar-refractivity contribution in [2.24, 2.45) is 5.92 Å². The van der Waals surface area contributed by atoms with Crippen LogP contribution < -0.4 is 4.90 Å².